The van der Waals surface area contributed by atoms with Crippen LogP contribution in [0.3, 0.4) is 0 Å². The SMILES string of the molecule is O=C1C=Cc2ccccc2C1=NNc1ccc([N+](=O)[O-])cc1Cl. The summed E-state index contributed by atoms with van der Waals surface area (Å²) in [6.45, 7) is 0. The van der Waals surface area contributed by atoms with E-state index in [0.29, 0.717) is 11.3 Å². The quantitative estimate of drug-likeness (QED) is 0.688. The number of carbonyl (C=O) groups is 1. The van der Waals surface area contributed by atoms with Gasteiger partial charge in [0, 0.05) is 17.7 Å². The average Bonchev–Trinajstić information content (AvgIpc) is 2.55. The van der Waals surface area contributed by atoms with Gasteiger partial charge < -0.3 is 0 Å². The van der Waals surface area contributed by atoms with Gasteiger partial charge in [-0.2, -0.15) is 5.10 Å². The lowest BCUT2D eigenvalue weighted by Gasteiger charge is -2.12. The molecule has 3 rings (SSSR count). The Balaban J connectivity index is 1.92. The van der Waals surface area contributed by atoms with Crippen molar-refractivity contribution in [2.45, 2.75) is 0 Å². The first-order chi connectivity index (χ1) is 11.1. The van der Waals surface area contributed by atoms with E-state index in [0.717, 1.165) is 5.56 Å². The van der Waals surface area contributed by atoms with Crippen molar-refractivity contribution in [2.24, 2.45) is 5.10 Å². The van der Waals surface area contributed by atoms with Gasteiger partial charge >= 0.3 is 0 Å². The van der Waals surface area contributed by atoms with E-state index in [9.17, 15) is 14.9 Å². The molecule has 0 aromatic heterocycles. The topological polar surface area (TPSA) is 84.6 Å². The number of halogens is 1. The van der Waals surface area contributed by atoms with Crippen LogP contribution in [-0.2, 0) is 4.79 Å². The lowest BCUT2D eigenvalue weighted by molar-refractivity contribution is -0.384. The van der Waals surface area contributed by atoms with Crippen molar-refractivity contribution in [1.82, 2.24) is 0 Å². The largest absolute Gasteiger partial charge is 0.287 e. The molecule has 0 bridgehead atoms. The van der Waals surface area contributed by atoms with E-state index in [2.05, 4.69) is 10.5 Å². The van der Waals surface area contributed by atoms with Crippen LogP contribution in [0.1, 0.15) is 11.1 Å². The van der Waals surface area contributed by atoms with Crippen LogP contribution in [-0.4, -0.2) is 16.4 Å². The van der Waals surface area contributed by atoms with E-state index >= 15 is 0 Å². The molecule has 0 spiro atoms. The van der Waals surface area contributed by atoms with Crippen LogP contribution in [0.5, 0.6) is 0 Å². The lowest BCUT2D eigenvalue weighted by Crippen LogP contribution is -2.19. The molecule has 0 atom stereocenters. The van der Waals surface area contributed by atoms with Crippen molar-refractivity contribution in [1.29, 1.82) is 0 Å². The van der Waals surface area contributed by atoms with Crippen LogP contribution >= 0.6 is 11.6 Å². The Morgan fingerprint density at radius 1 is 1.13 bits per heavy atom. The fourth-order valence-electron chi connectivity index (χ4n) is 2.17. The zero-order chi connectivity index (χ0) is 16.4. The summed E-state index contributed by atoms with van der Waals surface area (Å²) in [4.78, 5) is 22.2. The van der Waals surface area contributed by atoms with Gasteiger partial charge in [0.05, 0.1) is 15.6 Å². The van der Waals surface area contributed by atoms with E-state index in [1.807, 2.05) is 18.2 Å². The number of non-ortho nitro benzene ring substituents is 1. The van der Waals surface area contributed by atoms with Crippen LogP contribution in [0.2, 0.25) is 5.02 Å². The van der Waals surface area contributed by atoms with Crippen LogP contribution in [0, 0.1) is 10.1 Å². The number of nitro benzene ring substituents is 1. The molecular weight excluding hydrogens is 318 g/mol. The first kappa shape index (κ1) is 14.9. The highest BCUT2D eigenvalue weighted by atomic mass is 35.5. The molecule has 1 aliphatic rings. The number of fused-ring (bicyclic) bond motifs is 1. The number of ketones is 1. The van der Waals surface area contributed by atoms with E-state index in [1.54, 1.807) is 12.1 Å². The number of carbonyl (C=O) groups excluding carboxylic acids is 1. The molecule has 0 unspecified atom stereocenters. The second kappa shape index (κ2) is 6.02. The molecule has 0 amide bonds. The molecule has 2 aromatic rings. The van der Waals surface area contributed by atoms with Gasteiger partial charge in [0.2, 0.25) is 5.78 Å². The van der Waals surface area contributed by atoms with Gasteiger partial charge in [-0.15, -0.1) is 0 Å². The Bertz CT molecular complexity index is 875. The van der Waals surface area contributed by atoms with Crippen molar-refractivity contribution >= 4 is 40.5 Å². The Morgan fingerprint density at radius 2 is 1.91 bits per heavy atom. The van der Waals surface area contributed by atoms with Crippen LogP contribution in [0.15, 0.2) is 53.6 Å². The molecule has 0 heterocycles. The fourth-order valence-corrected chi connectivity index (χ4v) is 2.39. The molecule has 6 nitrogen and oxygen atoms in total. The summed E-state index contributed by atoms with van der Waals surface area (Å²) in [5, 5.41) is 15.0. The third kappa shape index (κ3) is 2.97. The van der Waals surface area contributed by atoms with Crippen molar-refractivity contribution in [3.63, 3.8) is 0 Å². The molecule has 0 saturated heterocycles. The Morgan fingerprint density at radius 3 is 2.65 bits per heavy atom. The maximum Gasteiger partial charge on any atom is 0.271 e. The predicted molar refractivity (Wildman–Crippen MR) is 88.7 cm³/mol. The number of hydrazone groups is 1. The molecule has 0 radical (unpaired) electrons. The van der Waals surface area contributed by atoms with Crippen molar-refractivity contribution in [3.05, 3.63) is 74.8 Å². The zero-order valence-corrected chi connectivity index (χ0v) is 12.4. The molecule has 23 heavy (non-hydrogen) atoms. The zero-order valence-electron chi connectivity index (χ0n) is 11.7. The molecular formula is C16H10ClN3O3. The predicted octanol–water partition coefficient (Wildman–Crippen LogP) is 3.66. The summed E-state index contributed by atoms with van der Waals surface area (Å²) in [6, 6.07) is 11.4. The van der Waals surface area contributed by atoms with Crippen LogP contribution < -0.4 is 5.43 Å². The summed E-state index contributed by atoms with van der Waals surface area (Å²) in [7, 11) is 0. The Labute approximate surface area is 136 Å². The number of nitrogens with one attached hydrogen (secondary N) is 1. The smallest absolute Gasteiger partial charge is 0.271 e. The van der Waals surface area contributed by atoms with E-state index in [-0.39, 0.29) is 22.2 Å². The molecule has 1 N–H and O–H groups in total. The number of benzene rings is 2. The fraction of sp³-hybridized carbons (Fsp3) is 0. The van der Waals surface area contributed by atoms with Crippen molar-refractivity contribution < 1.29 is 9.72 Å². The summed E-state index contributed by atoms with van der Waals surface area (Å²) < 4.78 is 0. The molecule has 0 fully saturated rings. The minimum Gasteiger partial charge on any atom is -0.287 e. The van der Waals surface area contributed by atoms with Gasteiger partial charge in [0.25, 0.3) is 5.69 Å². The van der Waals surface area contributed by atoms with Crippen molar-refractivity contribution in [3.8, 4) is 0 Å². The highest BCUT2D eigenvalue weighted by molar-refractivity contribution is 6.52. The van der Waals surface area contributed by atoms with E-state index in [1.165, 1.54) is 24.3 Å². The minimum atomic E-state index is -0.534. The summed E-state index contributed by atoms with van der Waals surface area (Å²) in [5.74, 6) is -0.228. The van der Waals surface area contributed by atoms with Gasteiger partial charge in [-0.3, -0.25) is 20.3 Å². The highest BCUT2D eigenvalue weighted by Crippen LogP contribution is 2.27. The summed E-state index contributed by atoms with van der Waals surface area (Å²) >= 11 is 5.99. The summed E-state index contributed by atoms with van der Waals surface area (Å²) in [5.41, 5.74) is 4.83. The average molecular weight is 328 g/mol. The van der Waals surface area contributed by atoms with E-state index in [4.69, 9.17) is 11.6 Å². The summed E-state index contributed by atoms with van der Waals surface area (Å²) in [6.07, 6.45) is 3.18. The number of hydrogen-bond acceptors (Lipinski definition) is 5. The Hall–Kier alpha value is -2.99. The first-order valence-corrected chi connectivity index (χ1v) is 7.03. The number of hydrogen-bond donors (Lipinski definition) is 1. The van der Waals surface area contributed by atoms with Crippen LogP contribution in [0.25, 0.3) is 6.08 Å². The molecule has 1 aliphatic carbocycles. The second-order valence-electron chi connectivity index (χ2n) is 4.78. The molecule has 0 saturated carbocycles. The van der Waals surface area contributed by atoms with Gasteiger partial charge in [-0.05, 0) is 17.7 Å². The van der Waals surface area contributed by atoms with Gasteiger partial charge in [0.15, 0.2) is 0 Å². The van der Waals surface area contributed by atoms with E-state index < -0.39 is 4.92 Å². The standard InChI is InChI=1S/C16H10ClN3O3/c17-13-9-11(20(22)23)6-7-14(13)18-19-16-12-4-2-1-3-10(12)5-8-15(16)21/h1-9,18H. The van der Waals surface area contributed by atoms with Gasteiger partial charge in [0.1, 0.15) is 5.71 Å². The number of allylic oxidation sites excluding steroid dienone is 1. The maximum absolute atomic E-state index is 12.0. The second-order valence-corrected chi connectivity index (χ2v) is 5.19. The number of rotatable bonds is 3. The van der Waals surface area contributed by atoms with Gasteiger partial charge in [-0.25, -0.2) is 0 Å². The molecule has 0 aliphatic heterocycles. The maximum atomic E-state index is 12.0. The number of anilines is 1. The minimum absolute atomic E-state index is 0.116. The van der Waals surface area contributed by atoms with Crippen LogP contribution in [0.4, 0.5) is 11.4 Å². The first-order valence-electron chi connectivity index (χ1n) is 6.66. The highest BCUT2D eigenvalue weighted by Gasteiger charge is 2.19. The Kier molecular flexibility index (Phi) is 3.91. The van der Waals surface area contributed by atoms with Crippen molar-refractivity contribution in [2.75, 3.05) is 5.43 Å². The monoisotopic (exact) mass is 327 g/mol. The molecule has 7 heteroatoms. The molecule has 114 valence electrons. The van der Waals surface area contributed by atoms with Gasteiger partial charge in [-0.1, -0.05) is 41.9 Å². The molecule has 2 aromatic carbocycles. The number of nitrogens with zero attached hydrogens (tertiary/aromatic N) is 2. The third-order valence-corrected chi connectivity index (χ3v) is 3.63. The number of nitro groups is 1. The third-order valence-electron chi connectivity index (χ3n) is 3.32. The normalized spacial score (nSPS) is 14.7. The lowest BCUT2D eigenvalue weighted by atomic mass is 9.95.